The largest absolute Gasteiger partial charge is 0.483 e. The van der Waals surface area contributed by atoms with Crippen molar-refractivity contribution in [3.05, 3.63) is 29.8 Å². The van der Waals surface area contributed by atoms with Gasteiger partial charge in [0.05, 0.1) is 0 Å². The van der Waals surface area contributed by atoms with E-state index in [-0.39, 0.29) is 41.4 Å². The lowest BCUT2D eigenvalue weighted by atomic mass is 9.82. The van der Waals surface area contributed by atoms with E-state index in [4.69, 9.17) is 4.74 Å². The van der Waals surface area contributed by atoms with Gasteiger partial charge in [0.1, 0.15) is 5.75 Å². The summed E-state index contributed by atoms with van der Waals surface area (Å²) in [7, 11) is 0. The van der Waals surface area contributed by atoms with Gasteiger partial charge in [-0.25, -0.2) is 0 Å². The Morgan fingerprint density at radius 3 is 2.12 bits per heavy atom. The van der Waals surface area contributed by atoms with E-state index in [1.54, 1.807) is 0 Å². The smallest absolute Gasteiger partial charge is 0.258 e. The minimum absolute atomic E-state index is 0. The first-order valence-electron chi connectivity index (χ1n) is 9.04. The van der Waals surface area contributed by atoms with Crippen LogP contribution in [0.15, 0.2) is 24.3 Å². The van der Waals surface area contributed by atoms with Gasteiger partial charge in [-0.2, -0.15) is 0 Å². The minimum Gasteiger partial charge on any atom is -0.483 e. The molecule has 1 aromatic rings. The molecule has 0 aromatic heterocycles. The summed E-state index contributed by atoms with van der Waals surface area (Å²) in [6, 6.07) is 7.88. The molecule has 1 rings (SSSR count). The number of benzene rings is 1. The highest BCUT2D eigenvalue weighted by atomic mass is 35.5. The van der Waals surface area contributed by atoms with Crippen molar-refractivity contribution in [2.45, 2.75) is 79.4 Å². The zero-order valence-corrected chi connectivity index (χ0v) is 18.5. The number of hydrogen-bond donors (Lipinski definition) is 2. The molecule has 1 aromatic carbocycles. The normalized spacial score (nSPS) is 12.3. The molecular weight excluding hydrogens is 348 g/mol. The van der Waals surface area contributed by atoms with Gasteiger partial charge in [0.25, 0.3) is 5.91 Å². The van der Waals surface area contributed by atoms with Crippen molar-refractivity contribution in [3.63, 3.8) is 0 Å². The van der Waals surface area contributed by atoms with E-state index in [2.05, 4.69) is 45.3 Å². The average Bonchev–Trinajstić information content (AvgIpc) is 2.39. The van der Waals surface area contributed by atoms with Crippen molar-refractivity contribution in [3.8, 4) is 5.75 Å². The predicted molar refractivity (Wildman–Crippen MR) is 112 cm³/mol. The summed E-state index contributed by atoms with van der Waals surface area (Å²) >= 11 is 0. The molecule has 0 bridgehead atoms. The second kappa shape index (κ2) is 9.61. The lowest BCUT2D eigenvalue weighted by Crippen LogP contribution is -2.43. The molecule has 26 heavy (non-hydrogen) atoms. The number of amides is 1. The maximum absolute atomic E-state index is 12.0. The van der Waals surface area contributed by atoms with Gasteiger partial charge in [-0.05, 0) is 52.5 Å². The first-order valence-corrected chi connectivity index (χ1v) is 9.04. The Hall–Kier alpha value is -1.26. The number of rotatable bonds is 7. The highest BCUT2D eigenvalue weighted by Gasteiger charge is 2.25. The number of nitrogens with one attached hydrogen (secondary N) is 2. The Morgan fingerprint density at radius 1 is 1.00 bits per heavy atom. The van der Waals surface area contributed by atoms with Gasteiger partial charge in [-0.1, -0.05) is 39.0 Å². The summed E-state index contributed by atoms with van der Waals surface area (Å²) < 4.78 is 5.76. The van der Waals surface area contributed by atoms with Crippen LogP contribution in [0.2, 0.25) is 0 Å². The molecule has 0 radical (unpaired) electrons. The molecule has 0 aliphatic carbocycles. The highest BCUT2D eigenvalue weighted by molar-refractivity contribution is 5.85. The summed E-state index contributed by atoms with van der Waals surface area (Å²) in [4.78, 5) is 12.0. The lowest BCUT2D eigenvalue weighted by Gasteiger charge is -2.33. The first-order chi connectivity index (χ1) is 11.3. The van der Waals surface area contributed by atoms with Gasteiger partial charge in [0.2, 0.25) is 0 Å². The van der Waals surface area contributed by atoms with Gasteiger partial charge < -0.3 is 15.4 Å². The van der Waals surface area contributed by atoms with Gasteiger partial charge in [-0.15, -0.1) is 12.4 Å². The monoisotopic (exact) mass is 384 g/mol. The molecule has 0 saturated heterocycles. The van der Waals surface area contributed by atoms with E-state index < -0.39 is 0 Å². The maximum atomic E-state index is 12.0. The van der Waals surface area contributed by atoms with E-state index in [9.17, 15) is 4.79 Å². The molecular formula is C21H37ClN2O2. The Labute approximate surface area is 165 Å². The van der Waals surface area contributed by atoms with Gasteiger partial charge in [0.15, 0.2) is 6.61 Å². The molecule has 0 aliphatic heterocycles. The predicted octanol–water partition coefficient (Wildman–Crippen LogP) is 4.71. The van der Waals surface area contributed by atoms with Crippen LogP contribution in [0.1, 0.15) is 67.4 Å². The van der Waals surface area contributed by atoms with Gasteiger partial charge >= 0.3 is 0 Å². The minimum atomic E-state index is -0.251. The molecule has 1 amide bonds. The zero-order chi connectivity index (χ0) is 19.3. The van der Waals surface area contributed by atoms with E-state index >= 15 is 0 Å². The van der Waals surface area contributed by atoms with E-state index in [1.807, 2.05) is 45.0 Å². The average molecular weight is 385 g/mol. The molecule has 5 heteroatoms. The van der Waals surface area contributed by atoms with Crippen LogP contribution in [-0.2, 0) is 11.3 Å². The SMILES string of the molecule is CC(C)(C)CC(C)(C)NCc1ccccc1OCC(=O)NC(C)(C)C.Cl. The van der Waals surface area contributed by atoms with Gasteiger partial charge in [0, 0.05) is 23.2 Å². The number of halogens is 1. The van der Waals surface area contributed by atoms with Crippen molar-refractivity contribution in [2.24, 2.45) is 5.41 Å². The van der Waals surface area contributed by atoms with E-state index in [0.29, 0.717) is 6.54 Å². The van der Waals surface area contributed by atoms with Crippen LogP contribution in [0.25, 0.3) is 0 Å². The molecule has 0 unspecified atom stereocenters. The standard InChI is InChI=1S/C21H36N2O2.ClH/c1-19(2,3)15-21(7,8)22-13-16-11-9-10-12-17(16)25-14-18(24)23-20(4,5)6;/h9-12,22H,13-15H2,1-8H3,(H,23,24);1H. The quantitative estimate of drug-likeness (QED) is 0.715. The Morgan fingerprint density at radius 2 is 1.58 bits per heavy atom. The molecule has 0 fully saturated rings. The van der Waals surface area contributed by atoms with E-state index in [0.717, 1.165) is 17.7 Å². The molecule has 150 valence electrons. The summed E-state index contributed by atoms with van der Waals surface area (Å²) in [6.45, 7) is 17.8. The van der Waals surface area contributed by atoms with Crippen LogP contribution in [0.3, 0.4) is 0 Å². The third kappa shape index (κ3) is 10.7. The van der Waals surface area contributed by atoms with Crippen LogP contribution >= 0.6 is 12.4 Å². The Balaban J connectivity index is 0.00000625. The summed E-state index contributed by atoms with van der Waals surface area (Å²) in [5, 5.41) is 6.53. The van der Waals surface area contributed by atoms with Crippen molar-refractivity contribution in [2.75, 3.05) is 6.61 Å². The van der Waals surface area contributed by atoms with Crippen LogP contribution < -0.4 is 15.4 Å². The first kappa shape index (κ1) is 24.7. The number of para-hydroxylation sites is 1. The highest BCUT2D eigenvalue weighted by Crippen LogP contribution is 2.27. The fourth-order valence-corrected chi connectivity index (χ4v) is 3.11. The van der Waals surface area contributed by atoms with Crippen molar-refractivity contribution >= 4 is 18.3 Å². The molecule has 0 saturated carbocycles. The topological polar surface area (TPSA) is 50.4 Å². The summed E-state index contributed by atoms with van der Waals surface area (Å²) in [6.07, 6.45) is 1.07. The van der Waals surface area contributed by atoms with Crippen molar-refractivity contribution in [1.82, 2.24) is 10.6 Å². The van der Waals surface area contributed by atoms with Crippen molar-refractivity contribution in [1.29, 1.82) is 0 Å². The fraction of sp³-hybridized carbons (Fsp3) is 0.667. The number of carbonyl (C=O) groups excluding carboxylic acids is 1. The molecule has 0 heterocycles. The number of carbonyl (C=O) groups is 1. The second-order valence-corrected chi connectivity index (χ2v) is 9.67. The van der Waals surface area contributed by atoms with E-state index in [1.165, 1.54) is 0 Å². The van der Waals surface area contributed by atoms with Crippen LogP contribution in [-0.4, -0.2) is 23.6 Å². The van der Waals surface area contributed by atoms with Crippen molar-refractivity contribution < 1.29 is 9.53 Å². The molecule has 0 spiro atoms. The van der Waals surface area contributed by atoms with Crippen LogP contribution in [0, 0.1) is 5.41 Å². The molecule has 2 N–H and O–H groups in total. The molecule has 0 aliphatic rings. The Bertz CT molecular complexity index is 572. The molecule has 4 nitrogen and oxygen atoms in total. The second-order valence-electron chi connectivity index (χ2n) is 9.67. The number of hydrogen-bond acceptors (Lipinski definition) is 3. The van der Waals surface area contributed by atoms with Crippen LogP contribution in [0.4, 0.5) is 0 Å². The third-order valence-corrected chi connectivity index (χ3v) is 3.58. The van der Waals surface area contributed by atoms with Crippen LogP contribution in [0.5, 0.6) is 5.75 Å². The fourth-order valence-electron chi connectivity index (χ4n) is 3.11. The van der Waals surface area contributed by atoms with Gasteiger partial charge in [-0.3, -0.25) is 4.79 Å². The lowest BCUT2D eigenvalue weighted by molar-refractivity contribution is -0.124. The summed E-state index contributed by atoms with van der Waals surface area (Å²) in [5.74, 6) is 0.647. The third-order valence-electron chi connectivity index (χ3n) is 3.58. The number of ether oxygens (including phenoxy) is 1. The zero-order valence-electron chi connectivity index (χ0n) is 17.7. The molecule has 0 atom stereocenters. The maximum Gasteiger partial charge on any atom is 0.258 e. The Kier molecular flexibility index (Phi) is 9.14. The summed E-state index contributed by atoms with van der Waals surface area (Å²) in [5.41, 5.74) is 1.10.